The first kappa shape index (κ1) is 22.2. The maximum atomic E-state index is 13.2. The molecular formula is C23H23Cl2N5O3. The first-order valence-electron chi connectivity index (χ1n) is 10.8. The van der Waals surface area contributed by atoms with Crippen molar-refractivity contribution in [2.75, 3.05) is 25.1 Å². The van der Waals surface area contributed by atoms with Gasteiger partial charge >= 0.3 is 6.03 Å². The molecule has 10 heteroatoms. The van der Waals surface area contributed by atoms with E-state index in [9.17, 15) is 9.90 Å². The third kappa shape index (κ3) is 4.44. The zero-order valence-electron chi connectivity index (χ0n) is 17.7. The minimum Gasteiger partial charge on any atom is -0.394 e. The molecule has 0 unspecified atom stereocenters. The fraction of sp³-hybridized carbons (Fsp3) is 0.348. The fourth-order valence-electron chi connectivity index (χ4n) is 4.32. The Morgan fingerprint density at radius 1 is 1.24 bits per heavy atom. The van der Waals surface area contributed by atoms with E-state index in [-0.39, 0.29) is 18.7 Å². The van der Waals surface area contributed by atoms with Crippen molar-refractivity contribution in [3.05, 3.63) is 64.0 Å². The summed E-state index contributed by atoms with van der Waals surface area (Å²) in [5, 5.41) is 14.3. The van der Waals surface area contributed by atoms with Gasteiger partial charge in [0.2, 0.25) is 5.95 Å². The lowest BCUT2D eigenvalue weighted by molar-refractivity contribution is 0.0903. The number of ether oxygens (including phenoxy) is 1. The zero-order chi connectivity index (χ0) is 22.9. The molecule has 1 amide bonds. The SMILES string of the molecule is O=C1N([C@H](CO)c2cccc(Cl)c2)Cc2cc(-c3nc(NC4CCOCC4)ncc3Cl)cn21. The highest BCUT2D eigenvalue weighted by molar-refractivity contribution is 6.33. The minimum absolute atomic E-state index is 0.206. The number of amides is 1. The van der Waals surface area contributed by atoms with Crippen molar-refractivity contribution in [1.82, 2.24) is 19.4 Å². The van der Waals surface area contributed by atoms with E-state index in [4.69, 9.17) is 27.9 Å². The number of nitrogens with zero attached hydrogens (tertiary/aromatic N) is 4. The summed E-state index contributed by atoms with van der Waals surface area (Å²) in [4.78, 5) is 23.7. The van der Waals surface area contributed by atoms with Gasteiger partial charge < -0.3 is 20.1 Å². The number of anilines is 1. The largest absolute Gasteiger partial charge is 0.394 e. The van der Waals surface area contributed by atoms with E-state index in [0.717, 1.165) is 29.7 Å². The Hall–Kier alpha value is -2.65. The summed E-state index contributed by atoms with van der Waals surface area (Å²) in [7, 11) is 0. The van der Waals surface area contributed by atoms with Gasteiger partial charge in [-0.1, -0.05) is 35.3 Å². The third-order valence-corrected chi connectivity index (χ3v) is 6.55. The summed E-state index contributed by atoms with van der Waals surface area (Å²) in [5.74, 6) is 0.502. The molecule has 0 saturated carbocycles. The van der Waals surface area contributed by atoms with Gasteiger partial charge in [-0.05, 0) is 36.6 Å². The number of rotatable bonds is 6. The minimum atomic E-state index is -0.488. The van der Waals surface area contributed by atoms with E-state index in [0.29, 0.717) is 41.4 Å². The van der Waals surface area contributed by atoms with Crippen LogP contribution >= 0.6 is 23.2 Å². The summed E-state index contributed by atoms with van der Waals surface area (Å²) >= 11 is 12.5. The second-order valence-corrected chi connectivity index (χ2v) is 9.02. The number of carbonyl (C=O) groups excluding carboxylic acids is 1. The lowest BCUT2D eigenvalue weighted by atomic mass is 10.1. The molecular weight excluding hydrogens is 465 g/mol. The van der Waals surface area contributed by atoms with Crippen LogP contribution < -0.4 is 5.32 Å². The molecule has 8 nitrogen and oxygen atoms in total. The number of aliphatic hydroxyl groups excluding tert-OH is 1. The molecule has 33 heavy (non-hydrogen) atoms. The third-order valence-electron chi connectivity index (χ3n) is 6.04. The molecule has 172 valence electrons. The summed E-state index contributed by atoms with van der Waals surface area (Å²) in [5.41, 5.74) is 2.89. The van der Waals surface area contributed by atoms with Crippen molar-refractivity contribution < 1.29 is 14.6 Å². The van der Waals surface area contributed by atoms with Crippen LogP contribution in [-0.4, -0.2) is 56.4 Å². The first-order chi connectivity index (χ1) is 16.0. The number of halogens is 2. The molecule has 1 aromatic carbocycles. The Bertz CT molecular complexity index is 1180. The van der Waals surface area contributed by atoms with Crippen LogP contribution in [-0.2, 0) is 11.3 Å². The maximum absolute atomic E-state index is 13.2. The average molecular weight is 488 g/mol. The lowest BCUT2D eigenvalue weighted by Crippen LogP contribution is -2.32. The molecule has 4 heterocycles. The highest BCUT2D eigenvalue weighted by Crippen LogP contribution is 2.34. The molecule has 0 aliphatic carbocycles. The van der Waals surface area contributed by atoms with Crippen molar-refractivity contribution in [2.24, 2.45) is 0 Å². The van der Waals surface area contributed by atoms with Gasteiger partial charge in [-0.25, -0.2) is 14.8 Å². The van der Waals surface area contributed by atoms with Crippen LogP contribution in [0.15, 0.2) is 42.7 Å². The molecule has 2 N–H and O–H groups in total. The smallest absolute Gasteiger partial charge is 0.329 e. The van der Waals surface area contributed by atoms with Crippen LogP contribution in [0.4, 0.5) is 10.7 Å². The predicted molar refractivity (Wildman–Crippen MR) is 126 cm³/mol. The Morgan fingerprint density at radius 3 is 2.79 bits per heavy atom. The molecule has 1 saturated heterocycles. The summed E-state index contributed by atoms with van der Waals surface area (Å²) < 4.78 is 6.98. The predicted octanol–water partition coefficient (Wildman–Crippen LogP) is 4.36. The number of hydrogen-bond donors (Lipinski definition) is 2. The standard InChI is InChI=1S/C23H23Cl2N5O3/c24-16-3-1-2-14(8-16)20(13-31)30-12-18-9-15(11-29(18)23(30)32)21-19(25)10-26-22(28-21)27-17-4-6-33-7-5-17/h1-3,8-11,17,20,31H,4-7,12-13H2,(H,26,27,28)/t20-/m1/s1. The molecule has 1 fully saturated rings. The molecule has 2 aliphatic heterocycles. The van der Waals surface area contributed by atoms with E-state index in [1.165, 1.54) is 0 Å². The second-order valence-electron chi connectivity index (χ2n) is 8.18. The van der Waals surface area contributed by atoms with E-state index >= 15 is 0 Å². The number of fused-ring (bicyclic) bond motifs is 1. The summed E-state index contributed by atoms with van der Waals surface area (Å²) in [6.45, 7) is 1.58. The Kier molecular flexibility index (Phi) is 6.25. The zero-order valence-corrected chi connectivity index (χ0v) is 19.3. The molecule has 0 bridgehead atoms. The molecule has 2 aliphatic rings. The molecule has 0 radical (unpaired) electrons. The van der Waals surface area contributed by atoms with Crippen molar-refractivity contribution in [3.63, 3.8) is 0 Å². The monoisotopic (exact) mass is 487 g/mol. The van der Waals surface area contributed by atoms with Crippen LogP contribution in [0, 0.1) is 0 Å². The summed E-state index contributed by atoms with van der Waals surface area (Å²) in [6.07, 6.45) is 5.09. The normalized spacial score (nSPS) is 17.3. The van der Waals surface area contributed by atoms with Crippen LogP contribution in [0.2, 0.25) is 10.0 Å². The molecule has 0 spiro atoms. The molecule has 2 aromatic heterocycles. The van der Waals surface area contributed by atoms with Crippen LogP contribution in [0.3, 0.4) is 0 Å². The van der Waals surface area contributed by atoms with Gasteiger partial charge in [0.1, 0.15) is 0 Å². The average Bonchev–Trinajstić information content (AvgIpc) is 3.36. The number of aromatic nitrogens is 3. The van der Waals surface area contributed by atoms with E-state index < -0.39 is 6.04 Å². The maximum Gasteiger partial charge on any atom is 0.329 e. The van der Waals surface area contributed by atoms with E-state index in [1.54, 1.807) is 34.0 Å². The lowest BCUT2D eigenvalue weighted by Gasteiger charge is -2.26. The number of nitrogens with one attached hydrogen (secondary N) is 1. The quantitative estimate of drug-likeness (QED) is 0.536. The van der Waals surface area contributed by atoms with E-state index in [2.05, 4.69) is 15.3 Å². The van der Waals surface area contributed by atoms with Crippen LogP contribution in [0.25, 0.3) is 11.3 Å². The molecule has 3 aromatic rings. The number of aliphatic hydroxyl groups is 1. The Morgan fingerprint density at radius 2 is 2.06 bits per heavy atom. The number of benzene rings is 1. The Labute approximate surface area is 201 Å². The number of hydrogen-bond acceptors (Lipinski definition) is 6. The Balaban J connectivity index is 1.38. The van der Waals surface area contributed by atoms with Gasteiger partial charge in [0.15, 0.2) is 0 Å². The number of carbonyl (C=O) groups is 1. The second kappa shape index (κ2) is 9.30. The van der Waals surface area contributed by atoms with Gasteiger partial charge in [-0.2, -0.15) is 0 Å². The van der Waals surface area contributed by atoms with E-state index in [1.807, 2.05) is 18.2 Å². The highest BCUT2D eigenvalue weighted by atomic mass is 35.5. The van der Waals surface area contributed by atoms with Gasteiger partial charge in [-0.15, -0.1) is 0 Å². The van der Waals surface area contributed by atoms with Crippen LogP contribution in [0.1, 0.15) is 30.1 Å². The first-order valence-corrected chi connectivity index (χ1v) is 11.5. The van der Waals surface area contributed by atoms with Gasteiger partial charge in [0, 0.05) is 41.7 Å². The van der Waals surface area contributed by atoms with Crippen LogP contribution in [0.5, 0.6) is 0 Å². The molecule has 5 rings (SSSR count). The fourth-order valence-corrected chi connectivity index (χ4v) is 4.72. The molecule has 1 atom stereocenters. The van der Waals surface area contributed by atoms with Gasteiger partial charge in [0.05, 0.1) is 36.1 Å². The van der Waals surface area contributed by atoms with Crippen molar-refractivity contribution >= 4 is 35.2 Å². The summed E-state index contributed by atoms with van der Waals surface area (Å²) in [6, 6.07) is 8.63. The topological polar surface area (TPSA) is 92.5 Å². The van der Waals surface area contributed by atoms with Crippen molar-refractivity contribution in [2.45, 2.75) is 31.5 Å². The van der Waals surface area contributed by atoms with Gasteiger partial charge in [0.25, 0.3) is 0 Å². The van der Waals surface area contributed by atoms with Crippen molar-refractivity contribution in [3.8, 4) is 11.3 Å². The van der Waals surface area contributed by atoms with Gasteiger partial charge in [-0.3, -0.25) is 4.57 Å². The van der Waals surface area contributed by atoms with Crippen molar-refractivity contribution in [1.29, 1.82) is 0 Å². The highest BCUT2D eigenvalue weighted by Gasteiger charge is 2.34.